The van der Waals surface area contributed by atoms with E-state index >= 15 is 0 Å². The van der Waals surface area contributed by atoms with E-state index in [1.807, 2.05) is 54.3 Å². The minimum atomic E-state index is -0.227. The lowest BCUT2D eigenvalue weighted by Gasteiger charge is -2.33. The lowest BCUT2D eigenvalue weighted by Crippen LogP contribution is -2.39. The first-order valence-electron chi connectivity index (χ1n) is 17.8. The van der Waals surface area contributed by atoms with Crippen LogP contribution in [0.5, 0.6) is 0 Å². The zero-order chi connectivity index (χ0) is 34.8. The predicted octanol–water partition coefficient (Wildman–Crippen LogP) is 5.89. The van der Waals surface area contributed by atoms with Crippen molar-refractivity contribution in [3.05, 3.63) is 131 Å². The van der Waals surface area contributed by atoms with Crippen molar-refractivity contribution in [3.63, 3.8) is 0 Å². The van der Waals surface area contributed by atoms with Gasteiger partial charge in [-0.2, -0.15) is 0 Å². The van der Waals surface area contributed by atoms with Crippen LogP contribution in [0.15, 0.2) is 103 Å². The Hall–Kier alpha value is -5.42. The quantitative estimate of drug-likeness (QED) is 0.188. The minimum absolute atomic E-state index is 0.0502. The number of carbonyl (C=O) groups excluding carboxylic acids is 1. The Morgan fingerprint density at radius 3 is 2.53 bits per heavy atom. The van der Waals surface area contributed by atoms with Crippen LogP contribution >= 0.6 is 0 Å². The van der Waals surface area contributed by atoms with Gasteiger partial charge >= 0.3 is 0 Å². The van der Waals surface area contributed by atoms with Gasteiger partial charge in [0.25, 0.3) is 5.91 Å². The number of anilines is 1. The number of halogens is 1. The molecule has 2 saturated heterocycles. The minimum Gasteiger partial charge on any atom is -0.341 e. The standard InChI is InChI=1S/C40H42FN9O/c1-30-12-17-34(50-29-42-44-45-50)26-35(30)38(51)48-23-19-40(28-48,32-8-3-2-4-9-32)18-22-46-20-7-21-47(25-24-46)39-43-36-10-5-6-11-37(36)49(39)27-31-13-15-33(41)16-14-31/h2-6,8-17,26,29H,7,18-25,27-28H2,1H3. The molecule has 4 aromatic carbocycles. The summed E-state index contributed by atoms with van der Waals surface area (Å²) in [4.78, 5) is 26.2. The lowest BCUT2D eigenvalue weighted by molar-refractivity contribution is 0.0780. The fourth-order valence-electron chi connectivity index (χ4n) is 7.85. The molecule has 2 aliphatic rings. The third kappa shape index (κ3) is 6.73. The third-order valence-corrected chi connectivity index (χ3v) is 10.8. The molecule has 0 saturated carbocycles. The molecule has 0 aliphatic carbocycles. The number of benzene rings is 4. The first-order valence-corrected chi connectivity index (χ1v) is 17.8. The fourth-order valence-corrected chi connectivity index (χ4v) is 7.85. The van der Waals surface area contributed by atoms with Gasteiger partial charge < -0.3 is 19.3 Å². The smallest absolute Gasteiger partial charge is 0.254 e. The molecule has 1 unspecified atom stereocenters. The molecule has 260 valence electrons. The number of aryl methyl sites for hydroxylation is 1. The van der Waals surface area contributed by atoms with Gasteiger partial charge in [0.05, 0.1) is 23.3 Å². The molecular weight excluding hydrogens is 642 g/mol. The van der Waals surface area contributed by atoms with E-state index in [2.05, 4.69) is 72.4 Å². The number of carbonyl (C=O) groups is 1. The summed E-state index contributed by atoms with van der Waals surface area (Å²) in [5, 5.41) is 11.5. The van der Waals surface area contributed by atoms with Crippen LogP contribution in [0, 0.1) is 12.7 Å². The van der Waals surface area contributed by atoms with E-state index in [1.165, 1.54) is 17.7 Å². The second-order valence-corrected chi connectivity index (χ2v) is 13.9. The van der Waals surface area contributed by atoms with Crippen molar-refractivity contribution in [1.82, 2.24) is 39.6 Å². The summed E-state index contributed by atoms with van der Waals surface area (Å²) in [7, 11) is 0. The SMILES string of the molecule is Cc1ccc(-n2cnnn2)cc1C(=O)N1CCC(CCN2CCCN(c3nc4ccccc4n3Cc3ccc(F)cc3)CC2)(c2ccccc2)C1. The molecule has 2 aromatic heterocycles. The van der Waals surface area contributed by atoms with E-state index in [0.29, 0.717) is 25.2 Å². The highest BCUT2D eigenvalue weighted by Crippen LogP contribution is 2.39. The summed E-state index contributed by atoms with van der Waals surface area (Å²) in [5.74, 6) is 0.789. The molecule has 6 aromatic rings. The van der Waals surface area contributed by atoms with Crippen LogP contribution in [-0.4, -0.2) is 91.3 Å². The molecule has 0 N–H and O–H groups in total. The molecular formula is C40H42FN9O. The number of tetrazole rings is 1. The largest absolute Gasteiger partial charge is 0.341 e. The van der Waals surface area contributed by atoms with Crippen molar-refractivity contribution in [2.24, 2.45) is 0 Å². The van der Waals surface area contributed by atoms with E-state index < -0.39 is 0 Å². The average molecular weight is 684 g/mol. The Balaban J connectivity index is 0.981. The number of nitrogens with zero attached hydrogens (tertiary/aromatic N) is 9. The summed E-state index contributed by atoms with van der Waals surface area (Å²) in [6.45, 7) is 8.67. The van der Waals surface area contributed by atoms with Crippen molar-refractivity contribution in [2.45, 2.75) is 38.1 Å². The van der Waals surface area contributed by atoms with Crippen molar-refractivity contribution >= 4 is 22.9 Å². The second-order valence-electron chi connectivity index (χ2n) is 13.9. The molecule has 0 bridgehead atoms. The second kappa shape index (κ2) is 14.1. The molecule has 2 fully saturated rings. The van der Waals surface area contributed by atoms with Crippen LogP contribution in [0.1, 0.15) is 46.3 Å². The summed E-state index contributed by atoms with van der Waals surface area (Å²) in [6.07, 6.45) is 4.45. The number of rotatable bonds is 9. The molecule has 4 heterocycles. The molecule has 0 spiro atoms. The van der Waals surface area contributed by atoms with Crippen LogP contribution in [-0.2, 0) is 12.0 Å². The Bertz CT molecular complexity index is 2120. The Kier molecular flexibility index (Phi) is 9.04. The van der Waals surface area contributed by atoms with Gasteiger partial charge in [0.15, 0.2) is 0 Å². The molecule has 51 heavy (non-hydrogen) atoms. The van der Waals surface area contributed by atoms with Crippen molar-refractivity contribution in [2.75, 3.05) is 50.7 Å². The molecule has 1 amide bonds. The van der Waals surface area contributed by atoms with Crippen molar-refractivity contribution in [1.29, 1.82) is 0 Å². The summed E-state index contributed by atoms with van der Waals surface area (Å²) in [5.41, 5.74) is 6.66. The monoisotopic (exact) mass is 683 g/mol. The maximum absolute atomic E-state index is 14.1. The fraction of sp³-hybridized carbons (Fsp3) is 0.325. The number of aromatic nitrogens is 6. The van der Waals surface area contributed by atoms with Gasteiger partial charge in [-0.05, 0) is 103 Å². The van der Waals surface area contributed by atoms with E-state index in [0.717, 1.165) is 85.8 Å². The topological polar surface area (TPSA) is 88.2 Å². The Morgan fingerprint density at radius 1 is 0.882 bits per heavy atom. The number of fused-ring (bicyclic) bond motifs is 1. The van der Waals surface area contributed by atoms with Crippen LogP contribution in [0.3, 0.4) is 0 Å². The van der Waals surface area contributed by atoms with Crippen LogP contribution in [0.25, 0.3) is 16.7 Å². The summed E-state index contributed by atoms with van der Waals surface area (Å²) < 4.78 is 17.5. The highest BCUT2D eigenvalue weighted by molar-refractivity contribution is 5.96. The van der Waals surface area contributed by atoms with Crippen molar-refractivity contribution in [3.8, 4) is 5.69 Å². The van der Waals surface area contributed by atoms with Gasteiger partial charge in [0.2, 0.25) is 5.95 Å². The van der Waals surface area contributed by atoms with Crippen LogP contribution in [0.2, 0.25) is 0 Å². The highest BCUT2D eigenvalue weighted by atomic mass is 19.1. The van der Waals surface area contributed by atoms with E-state index in [4.69, 9.17) is 4.98 Å². The van der Waals surface area contributed by atoms with Crippen LogP contribution in [0.4, 0.5) is 10.3 Å². The van der Waals surface area contributed by atoms with Gasteiger partial charge in [-0.25, -0.2) is 14.1 Å². The number of likely N-dealkylation sites (tertiary alicyclic amines) is 1. The van der Waals surface area contributed by atoms with E-state index in [9.17, 15) is 9.18 Å². The number of imidazole rings is 1. The number of hydrogen-bond donors (Lipinski definition) is 0. The normalized spacial score (nSPS) is 18.4. The molecule has 2 aliphatic heterocycles. The molecule has 8 rings (SSSR count). The van der Waals surface area contributed by atoms with E-state index in [-0.39, 0.29) is 17.1 Å². The number of amides is 1. The number of para-hydroxylation sites is 2. The van der Waals surface area contributed by atoms with Crippen molar-refractivity contribution < 1.29 is 9.18 Å². The van der Waals surface area contributed by atoms with Gasteiger partial charge in [-0.1, -0.05) is 60.7 Å². The predicted molar refractivity (Wildman–Crippen MR) is 196 cm³/mol. The lowest BCUT2D eigenvalue weighted by atomic mass is 9.76. The van der Waals surface area contributed by atoms with Gasteiger partial charge in [0.1, 0.15) is 12.1 Å². The molecule has 0 radical (unpaired) electrons. The Morgan fingerprint density at radius 2 is 1.71 bits per heavy atom. The Labute approximate surface area is 297 Å². The maximum Gasteiger partial charge on any atom is 0.254 e. The van der Waals surface area contributed by atoms with Gasteiger partial charge in [-0.15, -0.1) is 5.10 Å². The molecule has 11 heteroatoms. The van der Waals surface area contributed by atoms with Gasteiger partial charge in [0, 0.05) is 43.7 Å². The molecule has 10 nitrogen and oxygen atoms in total. The summed E-state index contributed by atoms with van der Waals surface area (Å²) >= 11 is 0. The molecule has 1 atom stereocenters. The van der Waals surface area contributed by atoms with Gasteiger partial charge in [-0.3, -0.25) is 4.79 Å². The zero-order valence-corrected chi connectivity index (χ0v) is 28.9. The first-order chi connectivity index (χ1) is 25.0. The van der Waals surface area contributed by atoms with Crippen LogP contribution < -0.4 is 4.90 Å². The summed E-state index contributed by atoms with van der Waals surface area (Å²) in [6, 6.07) is 31.6. The van der Waals surface area contributed by atoms with E-state index in [1.54, 1.807) is 11.0 Å². The zero-order valence-electron chi connectivity index (χ0n) is 28.9. The average Bonchev–Trinajstić information content (AvgIpc) is 3.90. The first kappa shape index (κ1) is 32.8. The highest BCUT2D eigenvalue weighted by Gasteiger charge is 2.42. The maximum atomic E-state index is 14.1. The number of hydrogen-bond acceptors (Lipinski definition) is 7. The third-order valence-electron chi connectivity index (χ3n) is 10.8.